The maximum absolute atomic E-state index is 8.40. The summed E-state index contributed by atoms with van der Waals surface area (Å²) in [6.45, 7) is 2.89. The fraction of sp³-hybridized carbons (Fsp3) is 0.600. The van der Waals surface area contributed by atoms with Crippen molar-refractivity contribution < 1.29 is 0 Å². The second kappa shape index (κ2) is 6.17. The van der Waals surface area contributed by atoms with E-state index in [0.717, 1.165) is 26.1 Å². The minimum absolute atomic E-state index is 0.613. The van der Waals surface area contributed by atoms with Gasteiger partial charge in [-0.05, 0) is 20.0 Å². The van der Waals surface area contributed by atoms with Gasteiger partial charge in [-0.25, -0.2) is 4.98 Å². The first-order valence-electron chi connectivity index (χ1n) is 4.84. The normalized spacial score (nSPS) is 10.4. The van der Waals surface area contributed by atoms with Crippen molar-refractivity contribution in [2.75, 3.05) is 20.1 Å². The van der Waals surface area contributed by atoms with Crippen LogP contribution in [0.25, 0.3) is 0 Å². The maximum atomic E-state index is 8.40. The zero-order chi connectivity index (χ0) is 10.2. The van der Waals surface area contributed by atoms with Gasteiger partial charge in [0.15, 0.2) is 0 Å². The highest BCUT2D eigenvalue weighted by Crippen LogP contribution is 1.94. The molecule has 76 valence electrons. The summed E-state index contributed by atoms with van der Waals surface area (Å²) in [5.74, 6) is 0. The van der Waals surface area contributed by atoms with Crippen molar-refractivity contribution in [2.45, 2.75) is 19.4 Å². The molecule has 4 nitrogen and oxygen atoms in total. The van der Waals surface area contributed by atoms with Crippen LogP contribution in [0, 0.1) is 11.3 Å². The summed E-state index contributed by atoms with van der Waals surface area (Å²) in [4.78, 5) is 6.16. The Labute approximate surface area is 84.8 Å². The molecule has 0 radical (unpaired) electrons. The lowest BCUT2D eigenvalue weighted by Crippen LogP contribution is -2.21. The molecule has 0 atom stereocenters. The SMILES string of the molecule is CN(CCC#N)CCCn1ccnc1. The van der Waals surface area contributed by atoms with Crippen molar-refractivity contribution in [2.24, 2.45) is 0 Å². The van der Waals surface area contributed by atoms with Gasteiger partial charge in [-0.2, -0.15) is 5.26 Å². The van der Waals surface area contributed by atoms with Crippen molar-refractivity contribution in [3.8, 4) is 6.07 Å². The number of rotatable bonds is 6. The van der Waals surface area contributed by atoms with E-state index in [0.29, 0.717) is 6.42 Å². The molecule has 1 aromatic rings. The number of hydrogen-bond donors (Lipinski definition) is 0. The number of aromatic nitrogens is 2. The van der Waals surface area contributed by atoms with Crippen LogP contribution >= 0.6 is 0 Å². The van der Waals surface area contributed by atoms with E-state index in [9.17, 15) is 0 Å². The Kier molecular flexibility index (Phi) is 4.73. The summed E-state index contributed by atoms with van der Waals surface area (Å²) < 4.78 is 2.07. The Hall–Kier alpha value is -1.34. The first-order chi connectivity index (χ1) is 6.83. The Morgan fingerprint density at radius 3 is 3.00 bits per heavy atom. The largest absolute Gasteiger partial charge is 0.337 e. The number of nitrogens with zero attached hydrogens (tertiary/aromatic N) is 4. The average molecular weight is 192 g/mol. The standard InChI is InChI=1S/C10H16N4/c1-13(6-2-4-11)7-3-8-14-9-5-12-10-14/h5,9-10H,2-3,6-8H2,1H3. The fourth-order valence-electron chi connectivity index (χ4n) is 1.29. The van der Waals surface area contributed by atoms with Crippen molar-refractivity contribution in [1.29, 1.82) is 5.26 Å². The van der Waals surface area contributed by atoms with Crippen LogP contribution in [0.2, 0.25) is 0 Å². The van der Waals surface area contributed by atoms with Crippen molar-refractivity contribution in [3.05, 3.63) is 18.7 Å². The van der Waals surface area contributed by atoms with Crippen LogP contribution in [-0.4, -0.2) is 34.6 Å². The van der Waals surface area contributed by atoms with Gasteiger partial charge in [0.2, 0.25) is 0 Å². The number of nitriles is 1. The van der Waals surface area contributed by atoms with Crippen LogP contribution in [0.1, 0.15) is 12.8 Å². The summed E-state index contributed by atoms with van der Waals surface area (Å²) in [5, 5.41) is 8.40. The average Bonchev–Trinajstić information content (AvgIpc) is 2.67. The Morgan fingerprint density at radius 1 is 1.50 bits per heavy atom. The zero-order valence-corrected chi connectivity index (χ0v) is 8.56. The Bertz CT molecular complexity index is 273. The molecular weight excluding hydrogens is 176 g/mol. The van der Waals surface area contributed by atoms with Crippen LogP contribution < -0.4 is 0 Å². The van der Waals surface area contributed by atoms with E-state index in [-0.39, 0.29) is 0 Å². The van der Waals surface area contributed by atoms with Crippen LogP contribution in [-0.2, 0) is 6.54 Å². The maximum Gasteiger partial charge on any atom is 0.0945 e. The monoisotopic (exact) mass is 192 g/mol. The van der Waals surface area contributed by atoms with Crippen LogP contribution in [0.4, 0.5) is 0 Å². The highest BCUT2D eigenvalue weighted by atomic mass is 15.1. The minimum atomic E-state index is 0.613. The lowest BCUT2D eigenvalue weighted by atomic mass is 10.3. The molecule has 1 aromatic heterocycles. The molecule has 0 saturated carbocycles. The summed E-state index contributed by atoms with van der Waals surface area (Å²) in [7, 11) is 2.05. The van der Waals surface area contributed by atoms with Gasteiger partial charge in [0.05, 0.1) is 12.4 Å². The van der Waals surface area contributed by atoms with E-state index in [2.05, 4.69) is 20.5 Å². The van der Waals surface area contributed by atoms with Crippen molar-refractivity contribution in [3.63, 3.8) is 0 Å². The summed E-state index contributed by atoms with van der Waals surface area (Å²) in [6, 6.07) is 2.15. The topological polar surface area (TPSA) is 44.9 Å². The summed E-state index contributed by atoms with van der Waals surface area (Å²) in [6.07, 6.45) is 7.30. The van der Waals surface area contributed by atoms with Gasteiger partial charge in [0.25, 0.3) is 0 Å². The third-order valence-electron chi connectivity index (χ3n) is 2.12. The molecule has 0 amide bonds. The lowest BCUT2D eigenvalue weighted by molar-refractivity contribution is 0.328. The second-order valence-electron chi connectivity index (χ2n) is 3.37. The predicted molar refractivity (Wildman–Crippen MR) is 54.6 cm³/mol. The van der Waals surface area contributed by atoms with E-state index in [4.69, 9.17) is 5.26 Å². The molecule has 0 bridgehead atoms. The molecule has 0 spiro atoms. The number of imidazole rings is 1. The molecule has 0 aromatic carbocycles. The molecule has 4 heteroatoms. The van der Waals surface area contributed by atoms with Gasteiger partial charge >= 0.3 is 0 Å². The Balaban J connectivity index is 2.07. The molecule has 0 aliphatic carbocycles. The third-order valence-corrected chi connectivity index (χ3v) is 2.12. The third kappa shape index (κ3) is 4.06. The fourth-order valence-corrected chi connectivity index (χ4v) is 1.29. The highest BCUT2D eigenvalue weighted by molar-refractivity contribution is 4.74. The van der Waals surface area contributed by atoms with Gasteiger partial charge < -0.3 is 9.47 Å². The molecule has 0 N–H and O–H groups in total. The van der Waals surface area contributed by atoms with E-state index < -0.39 is 0 Å². The molecule has 14 heavy (non-hydrogen) atoms. The Morgan fingerprint density at radius 2 is 2.36 bits per heavy atom. The quantitative estimate of drug-likeness (QED) is 0.678. The molecular formula is C10H16N4. The van der Waals surface area contributed by atoms with Crippen LogP contribution in [0.5, 0.6) is 0 Å². The first-order valence-corrected chi connectivity index (χ1v) is 4.84. The zero-order valence-electron chi connectivity index (χ0n) is 8.56. The van der Waals surface area contributed by atoms with E-state index in [1.807, 2.05) is 19.6 Å². The van der Waals surface area contributed by atoms with Gasteiger partial charge in [-0.15, -0.1) is 0 Å². The second-order valence-corrected chi connectivity index (χ2v) is 3.37. The van der Waals surface area contributed by atoms with E-state index in [1.165, 1.54) is 0 Å². The molecule has 1 rings (SSSR count). The molecule has 0 fully saturated rings. The van der Waals surface area contributed by atoms with Gasteiger partial charge in [0, 0.05) is 31.9 Å². The number of aryl methyl sites for hydroxylation is 1. The van der Waals surface area contributed by atoms with E-state index >= 15 is 0 Å². The lowest BCUT2D eigenvalue weighted by Gasteiger charge is -2.14. The number of hydrogen-bond acceptors (Lipinski definition) is 3. The summed E-state index contributed by atoms with van der Waals surface area (Å²) >= 11 is 0. The molecule has 0 unspecified atom stereocenters. The first kappa shape index (κ1) is 10.7. The predicted octanol–water partition coefficient (Wildman–Crippen LogP) is 1.12. The summed E-state index contributed by atoms with van der Waals surface area (Å²) in [5.41, 5.74) is 0. The van der Waals surface area contributed by atoms with Gasteiger partial charge in [-0.3, -0.25) is 0 Å². The van der Waals surface area contributed by atoms with Crippen LogP contribution in [0.3, 0.4) is 0 Å². The highest BCUT2D eigenvalue weighted by Gasteiger charge is 1.97. The molecule has 0 aliphatic heterocycles. The van der Waals surface area contributed by atoms with Crippen molar-refractivity contribution >= 4 is 0 Å². The smallest absolute Gasteiger partial charge is 0.0945 e. The molecule has 0 aliphatic rings. The minimum Gasteiger partial charge on any atom is -0.337 e. The molecule has 0 saturated heterocycles. The van der Waals surface area contributed by atoms with Gasteiger partial charge in [-0.1, -0.05) is 0 Å². The van der Waals surface area contributed by atoms with Crippen molar-refractivity contribution in [1.82, 2.24) is 14.5 Å². The van der Waals surface area contributed by atoms with E-state index in [1.54, 1.807) is 6.20 Å². The van der Waals surface area contributed by atoms with Gasteiger partial charge in [0.1, 0.15) is 0 Å². The molecule has 1 heterocycles. The van der Waals surface area contributed by atoms with Crippen LogP contribution in [0.15, 0.2) is 18.7 Å².